The lowest BCUT2D eigenvalue weighted by Crippen LogP contribution is -2.35. The van der Waals surface area contributed by atoms with Gasteiger partial charge in [-0.3, -0.25) is 9.59 Å². The van der Waals surface area contributed by atoms with E-state index < -0.39 is 0 Å². The highest BCUT2D eigenvalue weighted by molar-refractivity contribution is 5.93. The van der Waals surface area contributed by atoms with E-state index >= 15 is 0 Å². The standard InChI is InChI=1S/C13H13N3O4/c17-8-16-5-3-9(4-6-16)11(18)13-15-14-12(20-13)10-2-1-7-19-10/h1-2,7-9H,3-6H2. The van der Waals surface area contributed by atoms with Gasteiger partial charge in [0, 0.05) is 19.0 Å². The van der Waals surface area contributed by atoms with E-state index in [1.807, 2.05) is 0 Å². The van der Waals surface area contributed by atoms with Crippen molar-refractivity contribution < 1.29 is 18.4 Å². The van der Waals surface area contributed by atoms with Crippen molar-refractivity contribution in [1.82, 2.24) is 15.1 Å². The molecule has 7 nitrogen and oxygen atoms in total. The van der Waals surface area contributed by atoms with E-state index in [1.54, 1.807) is 17.0 Å². The van der Waals surface area contributed by atoms with Crippen molar-refractivity contribution in [3.05, 3.63) is 24.3 Å². The number of furan rings is 1. The predicted octanol–water partition coefficient (Wildman–Crippen LogP) is 1.38. The summed E-state index contributed by atoms with van der Waals surface area (Å²) in [6.07, 6.45) is 3.55. The molecule has 1 aliphatic rings. The third-order valence-corrected chi connectivity index (χ3v) is 3.42. The summed E-state index contributed by atoms with van der Waals surface area (Å²) in [7, 11) is 0. The normalized spacial score (nSPS) is 16.3. The fourth-order valence-electron chi connectivity index (χ4n) is 2.26. The molecule has 3 rings (SSSR count). The van der Waals surface area contributed by atoms with Crippen molar-refractivity contribution in [2.75, 3.05) is 13.1 Å². The average molecular weight is 275 g/mol. The lowest BCUT2D eigenvalue weighted by Gasteiger charge is -2.27. The zero-order chi connectivity index (χ0) is 13.9. The van der Waals surface area contributed by atoms with Gasteiger partial charge in [-0.1, -0.05) is 0 Å². The Kier molecular flexibility index (Phi) is 3.32. The molecule has 104 valence electrons. The second-order valence-electron chi connectivity index (χ2n) is 4.67. The number of ketones is 1. The maximum Gasteiger partial charge on any atom is 0.284 e. The van der Waals surface area contributed by atoms with Crippen LogP contribution in [0.5, 0.6) is 0 Å². The number of rotatable bonds is 4. The molecule has 0 aliphatic carbocycles. The predicted molar refractivity (Wildman–Crippen MR) is 66.7 cm³/mol. The van der Waals surface area contributed by atoms with E-state index in [0.717, 1.165) is 6.41 Å². The summed E-state index contributed by atoms with van der Waals surface area (Å²) in [6, 6.07) is 3.39. The molecule has 0 aromatic carbocycles. The Balaban J connectivity index is 1.70. The molecule has 20 heavy (non-hydrogen) atoms. The highest BCUT2D eigenvalue weighted by atomic mass is 16.4. The fraction of sp³-hybridized carbons (Fsp3) is 0.385. The molecule has 0 atom stereocenters. The van der Waals surface area contributed by atoms with E-state index in [9.17, 15) is 9.59 Å². The van der Waals surface area contributed by atoms with E-state index in [0.29, 0.717) is 31.7 Å². The van der Waals surface area contributed by atoms with Gasteiger partial charge in [-0.15, -0.1) is 10.2 Å². The van der Waals surface area contributed by atoms with Crippen molar-refractivity contribution in [3.63, 3.8) is 0 Å². The van der Waals surface area contributed by atoms with Crippen LogP contribution in [0.25, 0.3) is 11.7 Å². The topological polar surface area (TPSA) is 89.4 Å². The van der Waals surface area contributed by atoms with Gasteiger partial charge in [0.15, 0.2) is 5.76 Å². The van der Waals surface area contributed by atoms with E-state index in [4.69, 9.17) is 8.83 Å². The molecule has 3 heterocycles. The van der Waals surface area contributed by atoms with Crippen LogP contribution in [0.1, 0.15) is 23.5 Å². The smallest absolute Gasteiger partial charge is 0.284 e. The highest BCUT2D eigenvalue weighted by Crippen LogP contribution is 2.23. The first-order valence-electron chi connectivity index (χ1n) is 6.39. The van der Waals surface area contributed by atoms with Gasteiger partial charge in [0.05, 0.1) is 6.26 Å². The largest absolute Gasteiger partial charge is 0.459 e. The average Bonchev–Trinajstić information content (AvgIpc) is 3.17. The summed E-state index contributed by atoms with van der Waals surface area (Å²) in [5.41, 5.74) is 0. The van der Waals surface area contributed by atoms with Gasteiger partial charge in [0.1, 0.15) is 0 Å². The maximum absolute atomic E-state index is 12.2. The summed E-state index contributed by atoms with van der Waals surface area (Å²) in [6.45, 7) is 1.16. The van der Waals surface area contributed by atoms with Crippen LogP contribution in [0, 0.1) is 5.92 Å². The van der Waals surface area contributed by atoms with Crippen molar-refractivity contribution >= 4 is 12.2 Å². The Labute approximate surface area is 114 Å². The van der Waals surface area contributed by atoms with Gasteiger partial charge in [-0.2, -0.15) is 0 Å². The zero-order valence-electron chi connectivity index (χ0n) is 10.7. The number of aromatic nitrogens is 2. The molecule has 1 aliphatic heterocycles. The summed E-state index contributed by atoms with van der Waals surface area (Å²) >= 11 is 0. The first-order chi connectivity index (χ1) is 9.78. The van der Waals surface area contributed by atoms with Crippen LogP contribution in [0.4, 0.5) is 0 Å². The third-order valence-electron chi connectivity index (χ3n) is 3.42. The minimum absolute atomic E-state index is 0.000882. The number of carbonyl (C=O) groups excluding carboxylic acids is 2. The molecule has 7 heteroatoms. The minimum Gasteiger partial charge on any atom is -0.459 e. The number of likely N-dealkylation sites (tertiary alicyclic amines) is 1. The molecule has 0 unspecified atom stereocenters. The Bertz CT molecular complexity index is 597. The van der Waals surface area contributed by atoms with Crippen LogP contribution in [0.3, 0.4) is 0 Å². The Morgan fingerprint density at radius 3 is 2.80 bits per heavy atom. The lowest BCUT2D eigenvalue weighted by molar-refractivity contribution is -0.119. The third kappa shape index (κ3) is 2.34. The van der Waals surface area contributed by atoms with Crippen LogP contribution in [0.2, 0.25) is 0 Å². The highest BCUT2D eigenvalue weighted by Gasteiger charge is 2.29. The van der Waals surface area contributed by atoms with Crippen molar-refractivity contribution in [1.29, 1.82) is 0 Å². The molecule has 1 fully saturated rings. The van der Waals surface area contributed by atoms with E-state index in [-0.39, 0.29) is 23.5 Å². The molecule has 0 N–H and O–H groups in total. The van der Waals surface area contributed by atoms with Crippen LogP contribution in [-0.2, 0) is 4.79 Å². The number of piperidine rings is 1. The van der Waals surface area contributed by atoms with Gasteiger partial charge in [-0.25, -0.2) is 0 Å². The molecule has 0 spiro atoms. The van der Waals surface area contributed by atoms with Gasteiger partial charge < -0.3 is 13.7 Å². The van der Waals surface area contributed by atoms with Crippen molar-refractivity contribution in [2.45, 2.75) is 12.8 Å². The van der Waals surface area contributed by atoms with Gasteiger partial charge in [0.25, 0.3) is 11.8 Å². The SMILES string of the molecule is O=CN1CCC(C(=O)c2nnc(-c3ccco3)o2)CC1. The molecule has 1 saturated heterocycles. The quantitative estimate of drug-likeness (QED) is 0.618. The Morgan fingerprint density at radius 2 is 2.15 bits per heavy atom. The number of hydrogen-bond acceptors (Lipinski definition) is 6. The van der Waals surface area contributed by atoms with Gasteiger partial charge in [0.2, 0.25) is 12.2 Å². The number of hydrogen-bond donors (Lipinski definition) is 0. The molecular formula is C13H13N3O4. The summed E-state index contributed by atoms with van der Waals surface area (Å²) in [4.78, 5) is 24.5. The molecule has 0 saturated carbocycles. The molecule has 2 aromatic heterocycles. The van der Waals surface area contributed by atoms with E-state index in [2.05, 4.69) is 10.2 Å². The number of Topliss-reactive ketones (excluding diaryl/α,β-unsaturated/α-hetero) is 1. The van der Waals surface area contributed by atoms with Crippen molar-refractivity contribution in [3.8, 4) is 11.7 Å². The van der Waals surface area contributed by atoms with Crippen LogP contribution in [-0.4, -0.2) is 40.4 Å². The van der Waals surface area contributed by atoms with Gasteiger partial charge in [-0.05, 0) is 25.0 Å². The van der Waals surface area contributed by atoms with Crippen LogP contribution >= 0.6 is 0 Å². The van der Waals surface area contributed by atoms with Gasteiger partial charge >= 0.3 is 0 Å². The minimum atomic E-state index is -0.170. The lowest BCUT2D eigenvalue weighted by atomic mass is 9.93. The van der Waals surface area contributed by atoms with E-state index in [1.165, 1.54) is 6.26 Å². The molecule has 1 amide bonds. The number of amides is 1. The monoisotopic (exact) mass is 275 g/mol. The molecular weight excluding hydrogens is 262 g/mol. The molecule has 0 bridgehead atoms. The maximum atomic E-state index is 12.2. The molecule has 2 aromatic rings. The van der Waals surface area contributed by atoms with Crippen LogP contribution < -0.4 is 0 Å². The number of carbonyl (C=O) groups is 2. The summed E-state index contributed by atoms with van der Waals surface area (Å²) in [5, 5.41) is 7.58. The Hall–Kier alpha value is -2.44. The Morgan fingerprint density at radius 1 is 1.35 bits per heavy atom. The first kappa shape index (κ1) is 12.6. The summed E-state index contributed by atoms with van der Waals surface area (Å²) in [5.74, 6) is 0.300. The zero-order valence-corrected chi connectivity index (χ0v) is 10.7. The first-order valence-corrected chi connectivity index (χ1v) is 6.39. The fourth-order valence-corrected chi connectivity index (χ4v) is 2.26. The van der Waals surface area contributed by atoms with Crippen LogP contribution in [0.15, 0.2) is 27.2 Å². The summed E-state index contributed by atoms with van der Waals surface area (Å²) < 4.78 is 10.5. The molecule has 0 radical (unpaired) electrons. The second kappa shape index (κ2) is 5.28. The number of nitrogens with zero attached hydrogens (tertiary/aromatic N) is 3. The van der Waals surface area contributed by atoms with Crippen molar-refractivity contribution in [2.24, 2.45) is 5.92 Å². The second-order valence-corrected chi connectivity index (χ2v) is 4.67.